The number of hydrogen-bond acceptors (Lipinski definition) is 3. The van der Waals surface area contributed by atoms with Gasteiger partial charge in [-0.1, -0.05) is 19.1 Å². The molecule has 7 heteroatoms. The minimum absolute atomic E-state index is 0. The van der Waals surface area contributed by atoms with Crippen LogP contribution in [-0.4, -0.2) is 37.6 Å². The fourth-order valence-corrected chi connectivity index (χ4v) is 2.32. The second-order valence-corrected chi connectivity index (χ2v) is 6.35. The summed E-state index contributed by atoms with van der Waals surface area (Å²) in [4.78, 5) is 16.4. The molecule has 0 bridgehead atoms. The van der Waals surface area contributed by atoms with Crippen LogP contribution in [0.5, 0.6) is 5.75 Å². The van der Waals surface area contributed by atoms with Gasteiger partial charge in [-0.05, 0) is 44.7 Å². The first kappa shape index (κ1) is 22.5. The van der Waals surface area contributed by atoms with E-state index >= 15 is 0 Å². The minimum atomic E-state index is 0. The quantitative estimate of drug-likeness (QED) is 0.293. The Bertz CT molecular complexity index is 603. The van der Waals surface area contributed by atoms with Crippen LogP contribution in [-0.2, 0) is 11.3 Å². The summed E-state index contributed by atoms with van der Waals surface area (Å²) in [6.45, 7) is 8.31. The van der Waals surface area contributed by atoms with Crippen molar-refractivity contribution < 1.29 is 9.53 Å². The minimum Gasteiger partial charge on any atom is -0.493 e. The van der Waals surface area contributed by atoms with Crippen LogP contribution in [0.1, 0.15) is 44.2 Å². The second kappa shape index (κ2) is 12.0. The molecule has 146 valence electrons. The maximum atomic E-state index is 11.8. The molecule has 1 saturated carbocycles. The van der Waals surface area contributed by atoms with Gasteiger partial charge in [0.25, 0.3) is 0 Å². The Morgan fingerprint density at radius 2 is 2.04 bits per heavy atom. The van der Waals surface area contributed by atoms with Gasteiger partial charge in [0.2, 0.25) is 5.91 Å². The molecule has 3 N–H and O–H groups in total. The molecule has 0 heterocycles. The largest absolute Gasteiger partial charge is 0.493 e. The van der Waals surface area contributed by atoms with Crippen molar-refractivity contribution in [2.75, 3.05) is 19.7 Å². The average Bonchev–Trinajstić information content (AvgIpc) is 3.40. The first-order chi connectivity index (χ1) is 12.1. The summed E-state index contributed by atoms with van der Waals surface area (Å²) in [5, 5.41) is 9.21. The number of rotatable bonds is 9. The molecule has 0 saturated heterocycles. The highest BCUT2D eigenvalue weighted by Gasteiger charge is 2.22. The van der Waals surface area contributed by atoms with Gasteiger partial charge < -0.3 is 20.7 Å². The number of nitrogens with zero attached hydrogens (tertiary/aromatic N) is 1. The Morgan fingerprint density at radius 1 is 1.27 bits per heavy atom. The SMILES string of the molecule is CCCOc1cc(C)ccc1CN=C(NCC)NCC(=O)NC1CC1.I. The highest BCUT2D eigenvalue weighted by Crippen LogP contribution is 2.21. The highest BCUT2D eigenvalue weighted by atomic mass is 127. The number of ether oxygens (including phenoxy) is 1. The monoisotopic (exact) mass is 474 g/mol. The first-order valence-electron chi connectivity index (χ1n) is 9.16. The lowest BCUT2D eigenvalue weighted by Crippen LogP contribution is -2.43. The van der Waals surface area contributed by atoms with Crippen molar-refractivity contribution in [1.29, 1.82) is 0 Å². The van der Waals surface area contributed by atoms with Crippen LogP contribution in [0.3, 0.4) is 0 Å². The Balaban J connectivity index is 0.00000338. The van der Waals surface area contributed by atoms with Crippen LogP contribution in [0, 0.1) is 6.92 Å². The molecule has 0 radical (unpaired) electrons. The summed E-state index contributed by atoms with van der Waals surface area (Å²) in [6.07, 6.45) is 3.15. The first-order valence-corrected chi connectivity index (χ1v) is 9.16. The number of carbonyl (C=O) groups excluding carboxylic acids is 1. The lowest BCUT2D eigenvalue weighted by atomic mass is 10.1. The van der Waals surface area contributed by atoms with E-state index in [2.05, 4.69) is 40.9 Å². The van der Waals surface area contributed by atoms with E-state index in [0.29, 0.717) is 25.2 Å². The molecule has 1 aromatic rings. The average molecular weight is 474 g/mol. The smallest absolute Gasteiger partial charge is 0.239 e. The van der Waals surface area contributed by atoms with Crippen molar-refractivity contribution in [2.45, 2.75) is 52.6 Å². The lowest BCUT2D eigenvalue weighted by molar-refractivity contribution is -0.120. The third kappa shape index (κ3) is 8.25. The molecule has 0 aromatic heterocycles. The molecule has 1 fully saturated rings. The fourth-order valence-electron chi connectivity index (χ4n) is 2.32. The number of amides is 1. The summed E-state index contributed by atoms with van der Waals surface area (Å²) in [6, 6.07) is 6.53. The van der Waals surface area contributed by atoms with Crippen LogP contribution in [0.2, 0.25) is 0 Å². The molecular formula is C19H31IN4O2. The van der Waals surface area contributed by atoms with Crippen molar-refractivity contribution >= 4 is 35.8 Å². The third-order valence-electron chi connectivity index (χ3n) is 3.79. The molecule has 0 aliphatic heterocycles. The van der Waals surface area contributed by atoms with Gasteiger partial charge in [0.05, 0.1) is 19.7 Å². The number of hydrogen-bond donors (Lipinski definition) is 3. The van der Waals surface area contributed by atoms with Crippen molar-refractivity contribution in [2.24, 2.45) is 4.99 Å². The van der Waals surface area contributed by atoms with E-state index in [1.54, 1.807) is 0 Å². The summed E-state index contributed by atoms with van der Waals surface area (Å²) < 4.78 is 5.83. The zero-order chi connectivity index (χ0) is 18.1. The summed E-state index contributed by atoms with van der Waals surface area (Å²) >= 11 is 0. The van der Waals surface area contributed by atoms with Crippen LogP contribution in [0.25, 0.3) is 0 Å². The maximum Gasteiger partial charge on any atom is 0.239 e. The number of nitrogens with one attached hydrogen (secondary N) is 3. The van der Waals surface area contributed by atoms with Crippen LogP contribution >= 0.6 is 24.0 Å². The molecule has 1 aliphatic carbocycles. The van der Waals surface area contributed by atoms with Crippen molar-refractivity contribution in [3.05, 3.63) is 29.3 Å². The Kier molecular flexibility index (Phi) is 10.4. The van der Waals surface area contributed by atoms with Crippen molar-refractivity contribution in [1.82, 2.24) is 16.0 Å². The lowest BCUT2D eigenvalue weighted by Gasteiger charge is -2.13. The molecule has 0 unspecified atom stereocenters. The third-order valence-corrected chi connectivity index (χ3v) is 3.79. The number of aliphatic imine (C=N–C) groups is 1. The Hall–Kier alpha value is -1.51. The molecule has 0 spiro atoms. The number of carbonyl (C=O) groups is 1. The zero-order valence-corrected chi connectivity index (χ0v) is 18.3. The van der Waals surface area contributed by atoms with E-state index in [1.807, 2.05) is 19.1 Å². The zero-order valence-electron chi connectivity index (χ0n) is 15.9. The molecular weight excluding hydrogens is 443 g/mol. The van der Waals surface area contributed by atoms with Crippen molar-refractivity contribution in [3.8, 4) is 5.75 Å². The number of aryl methyl sites for hydroxylation is 1. The van der Waals surface area contributed by atoms with Gasteiger partial charge in [0, 0.05) is 18.2 Å². The van der Waals surface area contributed by atoms with Gasteiger partial charge in [-0.2, -0.15) is 0 Å². The molecule has 26 heavy (non-hydrogen) atoms. The maximum absolute atomic E-state index is 11.8. The molecule has 1 amide bonds. The number of halogens is 1. The van der Waals surface area contributed by atoms with Crippen LogP contribution in [0.15, 0.2) is 23.2 Å². The summed E-state index contributed by atoms with van der Waals surface area (Å²) in [5.41, 5.74) is 2.21. The van der Waals surface area contributed by atoms with E-state index in [0.717, 1.165) is 37.1 Å². The predicted octanol–water partition coefficient (Wildman–Crippen LogP) is 2.74. The van der Waals surface area contributed by atoms with Crippen molar-refractivity contribution in [3.63, 3.8) is 0 Å². The topological polar surface area (TPSA) is 74.8 Å². The van der Waals surface area contributed by atoms with E-state index in [9.17, 15) is 4.79 Å². The fraction of sp³-hybridized carbons (Fsp3) is 0.579. The van der Waals surface area contributed by atoms with Crippen LogP contribution < -0.4 is 20.7 Å². The van der Waals surface area contributed by atoms with Gasteiger partial charge in [-0.25, -0.2) is 4.99 Å². The standard InChI is InChI=1S/C19H30N4O2.HI/c1-4-10-25-17-11-14(3)6-7-15(17)12-21-19(20-5-2)22-13-18(24)23-16-8-9-16;/h6-7,11,16H,4-5,8-10,12-13H2,1-3H3,(H,23,24)(H2,20,21,22);1H. The van der Waals surface area contributed by atoms with E-state index < -0.39 is 0 Å². The molecule has 2 rings (SSSR count). The van der Waals surface area contributed by atoms with Gasteiger partial charge in [-0.15, -0.1) is 24.0 Å². The van der Waals surface area contributed by atoms with Gasteiger partial charge >= 0.3 is 0 Å². The summed E-state index contributed by atoms with van der Waals surface area (Å²) in [5.74, 6) is 1.53. The Morgan fingerprint density at radius 3 is 2.69 bits per heavy atom. The molecule has 0 atom stereocenters. The number of guanidine groups is 1. The van der Waals surface area contributed by atoms with E-state index in [4.69, 9.17) is 4.74 Å². The van der Waals surface area contributed by atoms with Gasteiger partial charge in [-0.3, -0.25) is 4.79 Å². The van der Waals surface area contributed by atoms with E-state index in [-0.39, 0.29) is 36.4 Å². The predicted molar refractivity (Wildman–Crippen MR) is 116 cm³/mol. The molecule has 6 nitrogen and oxygen atoms in total. The molecule has 1 aromatic carbocycles. The molecule has 1 aliphatic rings. The summed E-state index contributed by atoms with van der Waals surface area (Å²) in [7, 11) is 0. The number of benzene rings is 1. The normalized spacial score (nSPS) is 13.6. The highest BCUT2D eigenvalue weighted by molar-refractivity contribution is 14.0. The van der Waals surface area contributed by atoms with Gasteiger partial charge in [0.15, 0.2) is 5.96 Å². The Labute approximate surface area is 173 Å². The van der Waals surface area contributed by atoms with Gasteiger partial charge in [0.1, 0.15) is 5.75 Å². The second-order valence-electron chi connectivity index (χ2n) is 6.35. The van der Waals surface area contributed by atoms with E-state index in [1.165, 1.54) is 5.56 Å². The van der Waals surface area contributed by atoms with Crippen LogP contribution in [0.4, 0.5) is 0 Å².